The van der Waals surface area contributed by atoms with Crippen molar-refractivity contribution in [3.05, 3.63) is 83.4 Å². The van der Waals surface area contributed by atoms with E-state index >= 15 is 0 Å². The van der Waals surface area contributed by atoms with Crippen LogP contribution in [0, 0.1) is 6.07 Å². The summed E-state index contributed by atoms with van der Waals surface area (Å²) >= 11 is 0. The molecule has 3 nitrogen and oxygen atoms in total. The van der Waals surface area contributed by atoms with Crippen molar-refractivity contribution in [2.24, 2.45) is 0 Å². The van der Waals surface area contributed by atoms with Crippen molar-refractivity contribution >= 4 is 16.4 Å². The van der Waals surface area contributed by atoms with Crippen molar-refractivity contribution in [3.63, 3.8) is 0 Å². The first-order valence-corrected chi connectivity index (χ1v) is 6.71. The van der Waals surface area contributed by atoms with E-state index in [1.165, 1.54) is 0 Å². The molecule has 0 N–H and O–H groups in total. The van der Waals surface area contributed by atoms with Crippen LogP contribution in [-0.2, 0) is 20.1 Å². The summed E-state index contributed by atoms with van der Waals surface area (Å²) in [7, 11) is 0. The van der Waals surface area contributed by atoms with Gasteiger partial charge in [-0.3, -0.25) is 9.78 Å². The van der Waals surface area contributed by atoms with Crippen LogP contribution >= 0.6 is 0 Å². The topological polar surface area (TPSA) is 34.4 Å². The maximum absolute atomic E-state index is 12.7. The Kier molecular flexibility index (Phi) is 3.88. The first-order valence-electron chi connectivity index (χ1n) is 6.71. The zero-order chi connectivity index (χ0) is 14.2. The van der Waals surface area contributed by atoms with Crippen molar-refractivity contribution in [2.45, 2.75) is 0 Å². The molecule has 0 aliphatic heterocycles. The molecule has 1 radical (unpaired) electrons. The summed E-state index contributed by atoms with van der Waals surface area (Å²) in [5.41, 5.74) is 2.05. The second kappa shape index (κ2) is 5.84. The largest absolute Gasteiger partial charge is 0.309 e. The van der Waals surface area contributed by atoms with Gasteiger partial charge < -0.3 is 4.40 Å². The molecule has 0 spiro atoms. The Morgan fingerprint density at radius 2 is 1.82 bits per heavy atom. The van der Waals surface area contributed by atoms with Crippen molar-refractivity contribution in [1.29, 1.82) is 0 Å². The molecule has 0 unspecified atom stereocenters. The number of rotatable bonds is 1. The number of pyridine rings is 1. The van der Waals surface area contributed by atoms with Crippen LogP contribution in [0.5, 0.6) is 0 Å². The summed E-state index contributed by atoms with van der Waals surface area (Å²) in [6.45, 7) is 0. The maximum Gasteiger partial charge on any atom is 0.257 e. The second-order valence-corrected chi connectivity index (χ2v) is 4.85. The van der Waals surface area contributed by atoms with Gasteiger partial charge in [0.2, 0.25) is 0 Å². The minimum absolute atomic E-state index is 0. The molecule has 109 valence electrons. The third-order valence-electron chi connectivity index (χ3n) is 3.59. The summed E-state index contributed by atoms with van der Waals surface area (Å²) in [4.78, 5) is 17.2. The van der Waals surface area contributed by atoms with E-state index in [-0.39, 0.29) is 25.7 Å². The van der Waals surface area contributed by atoms with Gasteiger partial charge in [-0.25, -0.2) is 0 Å². The number of aromatic nitrogens is 2. The van der Waals surface area contributed by atoms with Gasteiger partial charge in [0, 0.05) is 26.3 Å². The molecular weight excluding hydrogens is 452 g/mol. The number of hydrogen-bond acceptors (Lipinski definition) is 2. The third kappa shape index (κ3) is 2.27. The second-order valence-electron chi connectivity index (χ2n) is 4.85. The Balaban J connectivity index is 0.00000144. The van der Waals surface area contributed by atoms with Crippen LogP contribution < -0.4 is 5.56 Å². The van der Waals surface area contributed by atoms with Crippen molar-refractivity contribution in [2.75, 3.05) is 0 Å². The zero-order valence-corrected chi connectivity index (χ0v) is 13.9. The average molecular weight is 464 g/mol. The predicted molar refractivity (Wildman–Crippen MR) is 83.2 cm³/mol. The van der Waals surface area contributed by atoms with Crippen LogP contribution in [0.1, 0.15) is 0 Å². The maximum atomic E-state index is 12.7. The zero-order valence-electron chi connectivity index (χ0n) is 11.5. The predicted octanol–water partition coefficient (Wildman–Crippen LogP) is 3.31. The van der Waals surface area contributed by atoms with Gasteiger partial charge in [0.05, 0.1) is 11.2 Å². The molecule has 0 fully saturated rings. The van der Waals surface area contributed by atoms with Gasteiger partial charge >= 0.3 is 0 Å². The van der Waals surface area contributed by atoms with Crippen LogP contribution in [0.2, 0.25) is 0 Å². The van der Waals surface area contributed by atoms with Crippen LogP contribution in [0.15, 0.2) is 71.8 Å². The molecule has 0 aliphatic rings. The minimum atomic E-state index is -0.0645. The van der Waals surface area contributed by atoms with Crippen molar-refractivity contribution < 1.29 is 20.1 Å². The Hall–Kier alpha value is -2.29. The fourth-order valence-corrected chi connectivity index (χ4v) is 2.55. The average Bonchev–Trinajstić information content (AvgIpc) is 2.56. The molecule has 0 aliphatic carbocycles. The third-order valence-corrected chi connectivity index (χ3v) is 3.59. The first kappa shape index (κ1) is 14.6. The van der Waals surface area contributed by atoms with Gasteiger partial charge in [-0.15, -0.1) is 35.0 Å². The number of hydrogen-bond donors (Lipinski definition) is 0. The Bertz CT molecular complexity index is 1010. The fourth-order valence-electron chi connectivity index (χ4n) is 2.55. The quantitative estimate of drug-likeness (QED) is 0.321. The van der Waals surface area contributed by atoms with Crippen LogP contribution in [0.3, 0.4) is 0 Å². The van der Waals surface area contributed by atoms with Gasteiger partial charge in [0.1, 0.15) is 0 Å². The van der Waals surface area contributed by atoms with E-state index in [0.29, 0.717) is 11.2 Å². The summed E-state index contributed by atoms with van der Waals surface area (Å²) in [5.74, 6) is 0. The summed E-state index contributed by atoms with van der Waals surface area (Å²) in [6, 6.07) is 20.4. The first-order chi connectivity index (χ1) is 10.3. The monoisotopic (exact) mass is 464 g/mol. The molecule has 2 heterocycles. The molecule has 0 saturated carbocycles. The van der Waals surface area contributed by atoms with E-state index in [9.17, 15) is 4.79 Å². The number of benzene rings is 2. The molecule has 0 atom stereocenters. The minimum Gasteiger partial charge on any atom is -0.309 e. The summed E-state index contributed by atoms with van der Waals surface area (Å²) in [5, 5.41) is 1.88. The van der Waals surface area contributed by atoms with Crippen LogP contribution in [0.25, 0.3) is 27.5 Å². The van der Waals surface area contributed by atoms with Gasteiger partial charge in [-0.05, 0) is 11.8 Å². The van der Waals surface area contributed by atoms with Crippen LogP contribution in [0.4, 0.5) is 0 Å². The van der Waals surface area contributed by atoms with Gasteiger partial charge in [-0.2, -0.15) is 0 Å². The van der Waals surface area contributed by atoms with Gasteiger partial charge in [0.25, 0.3) is 5.56 Å². The molecule has 4 heteroatoms. The van der Waals surface area contributed by atoms with E-state index < -0.39 is 0 Å². The number of fused-ring (bicyclic) bond motifs is 3. The smallest absolute Gasteiger partial charge is 0.257 e. The SMILES string of the molecule is O=c1c(-c2ccccc2)cnc2c3[c-]cccc3ccn12.[Ir]. The van der Waals surface area contributed by atoms with E-state index in [1.807, 2.05) is 54.6 Å². The summed E-state index contributed by atoms with van der Waals surface area (Å²) < 4.78 is 1.58. The fraction of sp³-hybridized carbons (Fsp3) is 0. The molecular formula is C18H11IrN2O-. The normalized spacial score (nSPS) is 10.5. The van der Waals surface area contributed by atoms with Crippen molar-refractivity contribution in [3.8, 4) is 11.1 Å². The number of nitrogens with zero attached hydrogens (tertiary/aromatic N) is 2. The molecule has 4 aromatic rings. The van der Waals surface area contributed by atoms with Gasteiger partial charge in [0.15, 0.2) is 0 Å². The molecule has 0 saturated heterocycles. The van der Waals surface area contributed by atoms with Crippen LogP contribution in [-0.4, -0.2) is 9.38 Å². The Morgan fingerprint density at radius 3 is 2.64 bits per heavy atom. The van der Waals surface area contributed by atoms with E-state index in [0.717, 1.165) is 16.3 Å². The standard InChI is InChI=1S/C18H11N2O.Ir/c21-18-16(13-6-2-1-3-7-13)12-19-17-15-9-5-4-8-14(15)10-11-20(17)18;/h1-8,10-12H;/q-1;. The molecule has 4 rings (SSSR count). The molecule has 22 heavy (non-hydrogen) atoms. The van der Waals surface area contributed by atoms with Gasteiger partial charge in [-0.1, -0.05) is 36.4 Å². The van der Waals surface area contributed by atoms with E-state index in [4.69, 9.17) is 0 Å². The molecule has 0 bridgehead atoms. The molecule has 2 aromatic carbocycles. The molecule has 0 amide bonds. The Labute approximate surface area is 140 Å². The molecule has 2 aromatic heterocycles. The Morgan fingerprint density at radius 1 is 1.00 bits per heavy atom. The van der Waals surface area contributed by atoms with Crippen molar-refractivity contribution in [1.82, 2.24) is 9.38 Å². The summed E-state index contributed by atoms with van der Waals surface area (Å²) in [6.07, 6.45) is 3.42. The van der Waals surface area contributed by atoms with E-state index in [1.54, 1.807) is 16.8 Å². The van der Waals surface area contributed by atoms with E-state index in [2.05, 4.69) is 11.1 Å².